The summed E-state index contributed by atoms with van der Waals surface area (Å²) in [5.41, 5.74) is 11.9. The first kappa shape index (κ1) is 24.9. The number of nitrogens with zero attached hydrogens (tertiary/aromatic N) is 3. The minimum absolute atomic E-state index is 0.206. The zero-order chi connectivity index (χ0) is 25.7. The van der Waals surface area contributed by atoms with E-state index in [1.54, 1.807) is 13.8 Å². The average molecular weight is 490 g/mol. The number of hydrazine groups is 1. The van der Waals surface area contributed by atoms with Crippen LogP contribution in [-0.2, 0) is 4.74 Å². The predicted molar refractivity (Wildman–Crippen MR) is 139 cm³/mol. The topological polar surface area (TPSA) is 153 Å². The number of ether oxygens (including phenoxy) is 2. The summed E-state index contributed by atoms with van der Waals surface area (Å²) in [5, 5.41) is 17.5. The molecule has 6 N–H and O–H groups in total. The number of hydrazone groups is 1. The Morgan fingerprint density at radius 1 is 1.25 bits per heavy atom. The minimum atomic E-state index is -0.501. The van der Waals surface area contributed by atoms with Gasteiger partial charge >= 0.3 is 6.09 Å². The Morgan fingerprint density at radius 2 is 2.00 bits per heavy atom. The monoisotopic (exact) mass is 489 g/mol. The Hall–Kier alpha value is -4.23. The Balaban J connectivity index is 1.67. The number of carbonyl (C=O) groups excluding carboxylic acids is 1. The molecule has 10 heteroatoms. The fourth-order valence-electron chi connectivity index (χ4n) is 4.29. The molecule has 0 radical (unpaired) electrons. The molecule has 1 heterocycles. The number of carbonyl (C=O) groups is 1. The SMILES string of the molecule is CC(C)OC(=O)Nc1ccc(-c2c(C#N)c3ccc(OCC/C(N)=N/NN)cc3n2C2CCC2)cc1. The lowest BCUT2D eigenvalue weighted by atomic mass is 9.92. The van der Waals surface area contributed by atoms with E-state index in [1.165, 1.54) is 0 Å². The highest BCUT2D eigenvalue weighted by Crippen LogP contribution is 2.43. The molecule has 188 valence electrons. The van der Waals surface area contributed by atoms with Crippen LogP contribution in [0.4, 0.5) is 10.5 Å². The average Bonchev–Trinajstić information content (AvgIpc) is 3.11. The summed E-state index contributed by atoms with van der Waals surface area (Å²) in [6, 6.07) is 16.0. The van der Waals surface area contributed by atoms with Gasteiger partial charge in [-0.1, -0.05) is 12.1 Å². The zero-order valence-corrected chi connectivity index (χ0v) is 20.5. The number of hydrogen-bond acceptors (Lipinski definition) is 7. The van der Waals surface area contributed by atoms with Gasteiger partial charge in [-0.3, -0.25) is 5.32 Å². The van der Waals surface area contributed by atoms with E-state index < -0.39 is 6.09 Å². The van der Waals surface area contributed by atoms with E-state index in [0.717, 1.165) is 41.4 Å². The molecule has 0 saturated heterocycles. The molecule has 1 saturated carbocycles. The highest BCUT2D eigenvalue weighted by molar-refractivity contribution is 5.96. The van der Waals surface area contributed by atoms with Gasteiger partial charge in [-0.05, 0) is 62.9 Å². The second-order valence-electron chi connectivity index (χ2n) is 8.96. The third kappa shape index (κ3) is 5.37. The molecule has 0 bridgehead atoms. The first-order valence-corrected chi connectivity index (χ1v) is 12.0. The van der Waals surface area contributed by atoms with Crippen LogP contribution >= 0.6 is 0 Å². The van der Waals surface area contributed by atoms with Gasteiger partial charge in [0.1, 0.15) is 17.7 Å². The van der Waals surface area contributed by atoms with Gasteiger partial charge < -0.3 is 19.8 Å². The van der Waals surface area contributed by atoms with E-state index >= 15 is 0 Å². The van der Waals surface area contributed by atoms with Crippen LogP contribution in [-0.4, -0.2) is 29.2 Å². The highest BCUT2D eigenvalue weighted by Gasteiger charge is 2.28. The summed E-state index contributed by atoms with van der Waals surface area (Å²) >= 11 is 0. The molecule has 1 fully saturated rings. The van der Waals surface area contributed by atoms with Crippen LogP contribution in [0.2, 0.25) is 0 Å². The van der Waals surface area contributed by atoms with Crippen molar-refractivity contribution >= 4 is 28.5 Å². The van der Waals surface area contributed by atoms with Crippen LogP contribution in [0.3, 0.4) is 0 Å². The summed E-state index contributed by atoms with van der Waals surface area (Å²) < 4.78 is 13.3. The van der Waals surface area contributed by atoms with Crippen LogP contribution in [0, 0.1) is 11.3 Å². The van der Waals surface area contributed by atoms with Gasteiger partial charge in [0.25, 0.3) is 0 Å². The van der Waals surface area contributed by atoms with Crippen LogP contribution in [0.5, 0.6) is 5.75 Å². The van der Waals surface area contributed by atoms with Crippen molar-refractivity contribution in [3.63, 3.8) is 0 Å². The number of hydrogen-bond donors (Lipinski definition) is 4. The largest absolute Gasteiger partial charge is 0.493 e. The number of benzene rings is 2. The standard InChI is InChI=1S/C26H31N7O3/c1-16(2)36-26(34)30-18-8-6-17(7-9-18)25-22(15-27)21-11-10-20(35-13-12-24(28)31-32-29)14-23(21)33(25)19-4-3-5-19/h6-11,14,16,19,32H,3-5,12-13,29H2,1-2H3,(H2,28,31)(H,30,34). The molecule has 0 aliphatic heterocycles. The number of rotatable bonds is 9. The maximum atomic E-state index is 11.9. The second-order valence-corrected chi connectivity index (χ2v) is 8.96. The number of nitrogens with two attached hydrogens (primary N) is 2. The highest BCUT2D eigenvalue weighted by atomic mass is 16.6. The predicted octanol–water partition coefficient (Wildman–Crippen LogP) is 4.37. The number of amides is 1. The van der Waals surface area contributed by atoms with Gasteiger partial charge in [0, 0.05) is 29.6 Å². The van der Waals surface area contributed by atoms with Gasteiger partial charge in [-0.25, -0.2) is 16.2 Å². The molecular weight excluding hydrogens is 458 g/mol. The molecule has 2 aromatic carbocycles. The Morgan fingerprint density at radius 3 is 2.61 bits per heavy atom. The van der Waals surface area contributed by atoms with Crippen LogP contribution in [0.15, 0.2) is 47.6 Å². The number of aromatic nitrogens is 1. The van der Waals surface area contributed by atoms with E-state index in [1.807, 2.05) is 42.5 Å². The third-order valence-corrected chi connectivity index (χ3v) is 6.11. The van der Waals surface area contributed by atoms with Crippen molar-refractivity contribution in [1.29, 1.82) is 5.26 Å². The number of amidine groups is 1. The fraction of sp³-hybridized carbons (Fsp3) is 0.346. The zero-order valence-electron chi connectivity index (χ0n) is 20.5. The Kier molecular flexibility index (Phi) is 7.61. The smallest absolute Gasteiger partial charge is 0.411 e. The second kappa shape index (κ2) is 11.0. The third-order valence-electron chi connectivity index (χ3n) is 6.11. The Bertz CT molecular complexity index is 1300. The molecule has 36 heavy (non-hydrogen) atoms. The number of nitrogens with one attached hydrogen (secondary N) is 2. The molecule has 1 amide bonds. The molecule has 0 spiro atoms. The van der Waals surface area contributed by atoms with Crippen LogP contribution < -0.4 is 27.2 Å². The van der Waals surface area contributed by atoms with E-state index in [-0.39, 0.29) is 6.10 Å². The molecule has 1 aliphatic rings. The molecule has 1 aliphatic carbocycles. The molecule has 0 unspecified atom stereocenters. The number of anilines is 1. The minimum Gasteiger partial charge on any atom is -0.493 e. The molecule has 0 atom stereocenters. The molecular formula is C26H31N7O3. The maximum Gasteiger partial charge on any atom is 0.411 e. The number of nitriles is 1. The van der Waals surface area contributed by atoms with Crippen molar-refractivity contribution in [2.75, 3.05) is 11.9 Å². The van der Waals surface area contributed by atoms with Crippen molar-refractivity contribution in [3.05, 3.63) is 48.0 Å². The van der Waals surface area contributed by atoms with Gasteiger partial charge in [0.15, 0.2) is 0 Å². The molecule has 3 aromatic rings. The lowest BCUT2D eigenvalue weighted by Crippen LogP contribution is -2.23. The van der Waals surface area contributed by atoms with Crippen molar-refractivity contribution in [2.24, 2.45) is 16.7 Å². The Labute approximate surface area is 209 Å². The summed E-state index contributed by atoms with van der Waals surface area (Å²) in [5.74, 6) is 6.19. The molecule has 1 aromatic heterocycles. The van der Waals surface area contributed by atoms with Crippen molar-refractivity contribution in [1.82, 2.24) is 10.1 Å². The first-order chi connectivity index (χ1) is 17.4. The molecule has 4 rings (SSSR count). The summed E-state index contributed by atoms with van der Waals surface area (Å²) in [6.45, 7) is 3.94. The van der Waals surface area contributed by atoms with Crippen LogP contribution in [0.25, 0.3) is 22.2 Å². The van der Waals surface area contributed by atoms with Gasteiger partial charge in [-0.2, -0.15) is 10.4 Å². The van der Waals surface area contributed by atoms with E-state index in [4.69, 9.17) is 21.1 Å². The lowest BCUT2D eigenvalue weighted by Gasteiger charge is -2.30. The van der Waals surface area contributed by atoms with Crippen molar-refractivity contribution in [3.8, 4) is 23.1 Å². The van der Waals surface area contributed by atoms with Crippen LogP contribution in [0.1, 0.15) is 51.1 Å². The van der Waals surface area contributed by atoms with E-state index in [0.29, 0.717) is 41.9 Å². The van der Waals surface area contributed by atoms with Gasteiger partial charge in [0.2, 0.25) is 0 Å². The van der Waals surface area contributed by atoms with E-state index in [2.05, 4.69) is 26.6 Å². The normalized spacial score (nSPS) is 13.8. The van der Waals surface area contributed by atoms with Crippen molar-refractivity contribution in [2.45, 2.75) is 51.7 Å². The number of fused-ring (bicyclic) bond motifs is 1. The molecule has 10 nitrogen and oxygen atoms in total. The fourth-order valence-corrected chi connectivity index (χ4v) is 4.29. The lowest BCUT2D eigenvalue weighted by molar-refractivity contribution is 0.130. The van der Waals surface area contributed by atoms with E-state index in [9.17, 15) is 10.1 Å². The summed E-state index contributed by atoms with van der Waals surface area (Å²) in [4.78, 5) is 11.9. The first-order valence-electron chi connectivity index (χ1n) is 12.0. The summed E-state index contributed by atoms with van der Waals surface area (Å²) in [7, 11) is 0. The summed E-state index contributed by atoms with van der Waals surface area (Å²) in [6.07, 6.45) is 2.96. The maximum absolute atomic E-state index is 11.9. The van der Waals surface area contributed by atoms with Gasteiger partial charge in [0.05, 0.1) is 29.5 Å². The van der Waals surface area contributed by atoms with Gasteiger partial charge in [-0.15, -0.1) is 0 Å². The quantitative estimate of drug-likeness (QED) is 0.151. The van der Waals surface area contributed by atoms with Crippen molar-refractivity contribution < 1.29 is 14.3 Å².